The van der Waals surface area contributed by atoms with Crippen LogP contribution in [-0.2, 0) is 4.79 Å². The van der Waals surface area contributed by atoms with E-state index in [-0.39, 0.29) is 6.04 Å². The van der Waals surface area contributed by atoms with Crippen molar-refractivity contribution in [1.82, 2.24) is 4.98 Å². The molecule has 0 saturated heterocycles. The van der Waals surface area contributed by atoms with Gasteiger partial charge in [-0.05, 0) is 30.5 Å². The van der Waals surface area contributed by atoms with Crippen molar-refractivity contribution in [3.05, 3.63) is 46.8 Å². The van der Waals surface area contributed by atoms with E-state index in [1.807, 2.05) is 35.7 Å². The molecular formula is C14H13N3O2S. The average molecular weight is 287 g/mol. The molecule has 0 radical (unpaired) electrons. The molecule has 6 heteroatoms. The second-order valence-corrected chi connectivity index (χ2v) is 5.53. The number of pyridine rings is 1. The highest BCUT2D eigenvalue weighted by Gasteiger charge is 2.42. The highest BCUT2D eigenvalue weighted by molar-refractivity contribution is 7.10. The summed E-state index contributed by atoms with van der Waals surface area (Å²) < 4.78 is 0. The molecule has 20 heavy (non-hydrogen) atoms. The van der Waals surface area contributed by atoms with Crippen molar-refractivity contribution in [1.29, 1.82) is 0 Å². The molecule has 0 bridgehead atoms. The number of thiophene rings is 1. The smallest absolute Gasteiger partial charge is 0.314 e. The van der Waals surface area contributed by atoms with Crippen molar-refractivity contribution in [3.63, 3.8) is 0 Å². The molecule has 0 amide bonds. The molecule has 0 saturated carbocycles. The number of aromatic nitrogens is 1. The first-order valence-corrected chi connectivity index (χ1v) is 7.08. The van der Waals surface area contributed by atoms with Gasteiger partial charge in [-0.3, -0.25) is 4.79 Å². The van der Waals surface area contributed by atoms with Crippen molar-refractivity contribution in [3.8, 4) is 0 Å². The van der Waals surface area contributed by atoms with E-state index in [1.165, 1.54) is 11.3 Å². The molecule has 3 heterocycles. The number of nitrogens with zero attached hydrogens (tertiary/aromatic N) is 3. The van der Waals surface area contributed by atoms with Crippen LogP contribution < -0.4 is 5.01 Å². The highest BCUT2D eigenvalue weighted by atomic mass is 32.1. The minimum absolute atomic E-state index is 0.331. The molecule has 102 valence electrons. The zero-order valence-electron chi connectivity index (χ0n) is 10.8. The standard InChI is InChI=1S/C14H13N3O2S/c1-9-12(14(18)19)13(10-5-4-8-20-10)17(16-9)11-6-2-3-7-15-11/h2-8,12-13H,1H3,(H,18,19). The van der Waals surface area contributed by atoms with Crippen LogP contribution in [0.2, 0.25) is 0 Å². The van der Waals surface area contributed by atoms with Crippen molar-refractivity contribution < 1.29 is 9.90 Å². The van der Waals surface area contributed by atoms with Gasteiger partial charge < -0.3 is 5.11 Å². The summed E-state index contributed by atoms with van der Waals surface area (Å²) in [7, 11) is 0. The van der Waals surface area contributed by atoms with Gasteiger partial charge in [0.25, 0.3) is 0 Å². The van der Waals surface area contributed by atoms with Crippen LogP contribution in [0.1, 0.15) is 17.8 Å². The fraction of sp³-hybridized carbons (Fsp3) is 0.214. The van der Waals surface area contributed by atoms with E-state index in [0.717, 1.165) is 4.88 Å². The molecule has 2 aromatic rings. The van der Waals surface area contributed by atoms with Gasteiger partial charge in [-0.15, -0.1) is 11.3 Å². The monoisotopic (exact) mass is 287 g/mol. The molecule has 0 spiro atoms. The number of hydrogen-bond donors (Lipinski definition) is 1. The fourth-order valence-electron chi connectivity index (χ4n) is 2.41. The molecule has 1 aliphatic heterocycles. The van der Waals surface area contributed by atoms with E-state index in [2.05, 4.69) is 10.1 Å². The Morgan fingerprint density at radius 2 is 2.20 bits per heavy atom. The van der Waals surface area contributed by atoms with Crippen LogP contribution in [0.5, 0.6) is 0 Å². The quantitative estimate of drug-likeness (QED) is 0.942. The lowest BCUT2D eigenvalue weighted by Gasteiger charge is -2.24. The van der Waals surface area contributed by atoms with E-state index in [0.29, 0.717) is 11.5 Å². The van der Waals surface area contributed by atoms with E-state index < -0.39 is 11.9 Å². The molecule has 5 nitrogen and oxygen atoms in total. The highest BCUT2D eigenvalue weighted by Crippen LogP contribution is 2.40. The SMILES string of the molecule is CC1=NN(c2ccccn2)C(c2cccs2)C1C(=O)O. The van der Waals surface area contributed by atoms with E-state index in [4.69, 9.17) is 0 Å². The summed E-state index contributed by atoms with van der Waals surface area (Å²) in [5.74, 6) is -0.840. The van der Waals surface area contributed by atoms with Crippen LogP contribution in [0.15, 0.2) is 47.0 Å². The third kappa shape index (κ3) is 2.08. The minimum atomic E-state index is -0.858. The van der Waals surface area contributed by atoms with Crippen LogP contribution in [0.25, 0.3) is 0 Å². The number of aliphatic carboxylic acids is 1. The summed E-state index contributed by atoms with van der Waals surface area (Å²) >= 11 is 1.54. The first-order chi connectivity index (χ1) is 9.68. The summed E-state index contributed by atoms with van der Waals surface area (Å²) in [5.41, 5.74) is 0.599. The summed E-state index contributed by atoms with van der Waals surface area (Å²) in [6.07, 6.45) is 1.68. The number of anilines is 1. The largest absolute Gasteiger partial charge is 0.481 e. The summed E-state index contributed by atoms with van der Waals surface area (Å²) in [6, 6.07) is 9.06. The Hall–Kier alpha value is -2.21. The maximum Gasteiger partial charge on any atom is 0.314 e. The zero-order chi connectivity index (χ0) is 14.1. The maximum atomic E-state index is 11.6. The molecule has 2 atom stereocenters. The lowest BCUT2D eigenvalue weighted by molar-refractivity contribution is -0.139. The number of hydrazone groups is 1. The topological polar surface area (TPSA) is 65.8 Å². The van der Waals surface area contributed by atoms with Gasteiger partial charge in [0, 0.05) is 11.1 Å². The van der Waals surface area contributed by atoms with Crippen molar-refractivity contribution >= 4 is 28.8 Å². The Balaban J connectivity index is 2.07. The van der Waals surface area contributed by atoms with Crippen LogP contribution in [-0.4, -0.2) is 21.8 Å². The first-order valence-electron chi connectivity index (χ1n) is 6.20. The Kier molecular flexibility index (Phi) is 3.23. The van der Waals surface area contributed by atoms with Crippen LogP contribution >= 0.6 is 11.3 Å². The molecule has 3 rings (SSSR count). The molecular weight excluding hydrogens is 274 g/mol. The fourth-order valence-corrected chi connectivity index (χ4v) is 3.25. The Labute approximate surface area is 120 Å². The summed E-state index contributed by atoms with van der Waals surface area (Å²) in [6.45, 7) is 1.75. The van der Waals surface area contributed by atoms with Gasteiger partial charge in [-0.2, -0.15) is 5.10 Å². The average Bonchev–Trinajstić information content (AvgIpc) is 3.06. The second kappa shape index (κ2) is 5.05. The van der Waals surface area contributed by atoms with Gasteiger partial charge in [0.15, 0.2) is 0 Å². The number of carboxylic acids is 1. The minimum Gasteiger partial charge on any atom is -0.481 e. The summed E-state index contributed by atoms with van der Waals surface area (Å²) in [5, 5.41) is 17.6. The van der Waals surface area contributed by atoms with Gasteiger partial charge in [0.05, 0.1) is 5.71 Å². The van der Waals surface area contributed by atoms with Gasteiger partial charge >= 0.3 is 5.97 Å². The normalized spacial score (nSPS) is 21.9. The van der Waals surface area contributed by atoms with E-state index >= 15 is 0 Å². The third-order valence-electron chi connectivity index (χ3n) is 3.28. The van der Waals surface area contributed by atoms with E-state index in [9.17, 15) is 9.90 Å². The Morgan fingerprint density at radius 3 is 2.80 bits per heavy atom. The molecule has 1 N–H and O–H groups in total. The number of hydrogen-bond acceptors (Lipinski definition) is 5. The molecule has 2 aromatic heterocycles. The van der Waals surface area contributed by atoms with Crippen molar-refractivity contribution in [2.45, 2.75) is 13.0 Å². The maximum absolute atomic E-state index is 11.6. The summed E-state index contributed by atoms with van der Waals surface area (Å²) in [4.78, 5) is 16.8. The lowest BCUT2D eigenvalue weighted by Crippen LogP contribution is -2.30. The predicted octanol–water partition coefficient (Wildman–Crippen LogP) is 2.78. The molecule has 1 aliphatic rings. The third-order valence-corrected chi connectivity index (χ3v) is 4.22. The number of carboxylic acid groups (broad SMARTS) is 1. The van der Waals surface area contributed by atoms with Gasteiger partial charge in [-0.25, -0.2) is 9.99 Å². The van der Waals surface area contributed by atoms with E-state index in [1.54, 1.807) is 18.1 Å². The van der Waals surface area contributed by atoms with Crippen LogP contribution in [0.4, 0.5) is 5.82 Å². The van der Waals surface area contributed by atoms with Gasteiger partial charge in [-0.1, -0.05) is 12.1 Å². The number of carbonyl (C=O) groups is 1. The molecule has 0 fully saturated rings. The predicted molar refractivity (Wildman–Crippen MR) is 78.0 cm³/mol. The Bertz CT molecular complexity index is 640. The van der Waals surface area contributed by atoms with Crippen LogP contribution in [0.3, 0.4) is 0 Å². The lowest BCUT2D eigenvalue weighted by atomic mass is 9.95. The van der Waals surface area contributed by atoms with Gasteiger partial charge in [0.1, 0.15) is 17.8 Å². The zero-order valence-corrected chi connectivity index (χ0v) is 11.6. The van der Waals surface area contributed by atoms with Crippen LogP contribution in [0, 0.1) is 5.92 Å². The molecule has 2 unspecified atom stereocenters. The molecule has 0 aliphatic carbocycles. The van der Waals surface area contributed by atoms with Crippen molar-refractivity contribution in [2.75, 3.05) is 5.01 Å². The second-order valence-electron chi connectivity index (χ2n) is 4.55. The Morgan fingerprint density at radius 1 is 1.35 bits per heavy atom. The molecule has 0 aromatic carbocycles. The van der Waals surface area contributed by atoms with Crippen molar-refractivity contribution in [2.24, 2.45) is 11.0 Å². The number of rotatable bonds is 3. The first kappa shape index (κ1) is 12.8. The van der Waals surface area contributed by atoms with Gasteiger partial charge in [0.2, 0.25) is 0 Å².